The maximum absolute atomic E-state index is 5.42. The monoisotopic (exact) mass is 163 g/mol. The van der Waals surface area contributed by atoms with Crippen molar-refractivity contribution in [3.8, 4) is 0 Å². The molecule has 0 aromatic carbocycles. The minimum atomic E-state index is 0. The van der Waals surface area contributed by atoms with Crippen molar-refractivity contribution in [3.05, 3.63) is 12.2 Å². The van der Waals surface area contributed by atoms with Gasteiger partial charge in [-0.15, -0.1) is 12.4 Å². The molecule has 0 saturated heterocycles. The number of allylic oxidation sites excluding steroid dienone is 2. The average molecular weight is 164 g/mol. The molecule has 1 nitrogen and oxygen atoms in total. The van der Waals surface area contributed by atoms with Gasteiger partial charge in [0.1, 0.15) is 0 Å². The highest BCUT2D eigenvalue weighted by molar-refractivity contribution is 5.85. The molecule has 1 unspecified atom stereocenters. The molecule has 0 spiro atoms. The Hall–Kier alpha value is -0.0100. The third-order valence-corrected chi connectivity index (χ3v) is 1.34. The molecule has 62 valence electrons. The Balaban J connectivity index is 0. The Labute approximate surface area is 70.1 Å². The van der Waals surface area contributed by atoms with E-state index in [2.05, 4.69) is 26.0 Å². The molecule has 2 N–H and O–H groups in total. The van der Waals surface area contributed by atoms with Crippen LogP contribution in [0.3, 0.4) is 0 Å². The normalized spacial score (nSPS) is 13.1. The van der Waals surface area contributed by atoms with E-state index < -0.39 is 0 Å². The quantitative estimate of drug-likeness (QED) is 0.633. The van der Waals surface area contributed by atoms with Gasteiger partial charge in [-0.05, 0) is 25.3 Å². The molecule has 0 fully saturated rings. The fourth-order valence-corrected chi connectivity index (χ4v) is 0.591. The molecule has 0 bridgehead atoms. The lowest BCUT2D eigenvalue weighted by molar-refractivity contribution is 0.605. The summed E-state index contributed by atoms with van der Waals surface area (Å²) in [4.78, 5) is 0. The summed E-state index contributed by atoms with van der Waals surface area (Å²) in [6, 6.07) is 0. The predicted molar refractivity (Wildman–Crippen MR) is 49.5 cm³/mol. The number of halogens is 1. The molecule has 0 radical (unpaired) electrons. The third kappa shape index (κ3) is 7.99. The molecule has 0 heterocycles. The Bertz CT molecular complexity index is 81.3. The summed E-state index contributed by atoms with van der Waals surface area (Å²) in [6.45, 7) is 5.11. The first-order valence-corrected chi connectivity index (χ1v) is 3.66. The molecule has 0 aliphatic carbocycles. The predicted octanol–water partition coefficient (Wildman–Crippen LogP) is 2.36. The van der Waals surface area contributed by atoms with E-state index in [0.717, 1.165) is 19.4 Å². The third-order valence-electron chi connectivity index (χ3n) is 1.34. The van der Waals surface area contributed by atoms with E-state index in [0.29, 0.717) is 5.92 Å². The van der Waals surface area contributed by atoms with Gasteiger partial charge in [0.25, 0.3) is 0 Å². The van der Waals surface area contributed by atoms with Crippen molar-refractivity contribution in [1.29, 1.82) is 0 Å². The van der Waals surface area contributed by atoms with Gasteiger partial charge in [0.05, 0.1) is 0 Å². The summed E-state index contributed by atoms with van der Waals surface area (Å²) < 4.78 is 0. The molecule has 10 heavy (non-hydrogen) atoms. The maximum atomic E-state index is 5.42. The summed E-state index contributed by atoms with van der Waals surface area (Å²) in [5.41, 5.74) is 5.42. The van der Waals surface area contributed by atoms with E-state index in [1.165, 1.54) is 0 Å². The van der Waals surface area contributed by atoms with Crippen molar-refractivity contribution >= 4 is 12.4 Å². The molecule has 0 amide bonds. The van der Waals surface area contributed by atoms with Crippen LogP contribution < -0.4 is 5.73 Å². The summed E-state index contributed by atoms with van der Waals surface area (Å²) in [5.74, 6) is 0.646. The van der Waals surface area contributed by atoms with Gasteiger partial charge >= 0.3 is 0 Å². The van der Waals surface area contributed by atoms with Crippen molar-refractivity contribution in [1.82, 2.24) is 0 Å². The van der Waals surface area contributed by atoms with E-state index in [1.807, 2.05) is 0 Å². The summed E-state index contributed by atoms with van der Waals surface area (Å²) in [5, 5.41) is 0. The second-order valence-electron chi connectivity index (χ2n) is 2.46. The van der Waals surface area contributed by atoms with Crippen molar-refractivity contribution in [2.75, 3.05) is 6.54 Å². The molecular formula is C8H18ClN. The molecular weight excluding hydrogens is 146 g/mol. The zero-order valence-electron chi connectivity index (χ0n) is 6.84. The number of hydrogen-bond donors (Lipinski definition) is 1. The van der Waals surface area contributed by atoms with Crippen molar-refractivity contribution < 1.29 is 0 Å². The second-order valence-corrected chi connectivity index (χ2v) is 2.46. The van der Waals surface area contributed by atoms with Crippen LogP contribution in [-0.4, -0.2) is 6.54 Å². The molecule has 0 saturated carbocycles. The van der Waals surface area contributed by atoms with Gasteiger partial charge in [-0.1, -0.05) is 26.0 Å². The largest absolute Gasteiger partial charge is 0.330 e. The zero-order valence-corrected chi connectivity index (χ0v) is 7.66. The average Bonchev–Trinajstić information content (AvgIpc) is 1.89. The lowest BCUT2D eigenvalue weighted by Crippen LogP contribution is -2.09. The van der Waals surface area contributed by atoms with Gasteiger partial charge in [-0.25, -0.2) is 0 Å². The number of nitrogens with two attached hydrogens (primary N) is 1. The Kier molecular flexibility index (Phi) is 11.4. The lowest BCUT2D eigenvalue weighted by Gasteiger charge is -2.01. The van der Waals surface area contributed by atoms with Crippen LogP contribution in [0.15, 0.2) is 12.2 Å². The molecule has 1 atom stereocenters. The van der Waals surface area contributed by atoms with E-state index in [1.54, 1.807) is 0 Å². The molecule has 2 heteroatoms. The molecule has 0 aromatic heterocycles. The first kappa shape index (κ1) is 12.6. The fourth-order valence-electron chi connectivity index (χ4n) is 0.591. The van der Waals surface area contributed by atoms with E-state index in [9.17, 15) is 0 Å². The first-order chi connectivity index (χ1) is 4.31. The fraction of sp³-hybridized carbons (Fsp3) is 0.750. The number of rotatable bonds is 4. The highest BCUT2D eigenvalue weighted by Crippen LogP contribution is 1.99. The van der Waals surface area contributed by atoms with E-state index in [-0.39, 0.29) is 12.4 Å². The Morgan fingerprint density at radius 1 is 1.40 bits per heavy atom. The minimum Gasteiger partial charge on any atom is -0.330 e. The van der Waals surface area contributed by atoms with Crippen LogP contribution in [0.1, 0.15) is 26.7 Å². The van der Waals surface area contributed by atoms with E-state index in [4.69, 9.17) is 5.73 Å². The summed E-state index contributed by atoms with van der Waals surface area (Å²) in [6.07, 6.45) is 6.66. The lowest BCUT2D eigenvalue weighted by atomic mass is 10.1. The van der Waals surface area contributed by atoms with Gasteiger partial charge in [0.15, 0.2) is 0 Å². The zero-order chi connectivity index (χ0) is 7.11. The maximum Gasteiger partial charge on any atom is -0.00485 e. The van der Waals surface area contributed by atoms with Gasteiger partial charge < -0.3 is 5.73 Å². The van der Waals surface area contributed by atoms with Gasteiger partial charge in [0, 0.05) is 0 Å². The van der Waals surface area contributed by atoms with Gasteiger partial charge in [0.2, 0.25) is 0 Å². The van der Waals surface area contributed by atoms with Crippen LogP contribution in [0.25, 0.3) is 0 Å². The Morgan fingerprint density at radius 2 is 2.00 bits per heavy atom. The summed E-state index contributed by atoms with van der Waals surface area (Å²) in [7, 11) is 0. The highest BCUT2D eigenvalue weighted by Gasteiger charge is 1.92. The number of hydrogen-bond acceptors (Lipinski definition) is 1. The second kappa shape index (κ2) is 8.99. The minimum absolute atomic E-state index is 0. The molecule has 0 aliphatic heterocycles. The topological polar surface area (TPSA) is 26.0 Å². The van der Waals surface area contributed by atoms with Crippen molar-refractivity contribution in [2.45, 2.75) is 26.7 Å². The van der Waals surface area contributed by atoms with E-state index >= 15 is 0 Å². The first-order valence-electron chi connectivity index (χ1n) is 3.66. The van der Waals surface area contributed by atoms with Crippen LogP contribution in [0.2, 0.25) is 0 Å². The SMILES string of the molecule is CC/C=C/CC(C)CN.Cl. The molecule has 0 rings (SSSR count). The molecule has 0 aromatic rings. The van der Waals surface area contributed by atoms with Crippen LogP contribution in [0, 0.1) is 5.92 Å². The van der Waals surface area contributed by atoms with Crippen LogP contribution in [-0.2, 0) is 0 Å². The van der Waals surface area contributed by atoms with Crippen molar-refractivity contribution in [2.24, 2.45) is 11.7 Å². The molecule has 0 aliphatic rings. The smallest absolute Gasteiger partial charge is 0.00485 e. The van der Waals surface area contributed by atoms with Crippen molar-refractivity contribution in [3.63, 3.8) is 0 Å². The highest BCUT2D eigenvalue weighted by atomic mass is 35.5. The Morgan fingerprint density at radius 3 is 2.40 bits per heavy atom. The standard InChI is InChI=1S/C8H17N.ClH/c1-3-4-5-6-8(2)7-9;/h4-5,8H,3,6-7,9H2,1-2H3;1H/b5-4+;. The van der Waals surface area contributed by atoms with Crippen LogP contribution >= 0.6 is 12.4 Å². The van der Waals surface area contributed by atoms with Gasteiger partial charge in [-0.2, -0.15) is 0 Å². The van der Waals surface area contributed by atoms with Crippen LogP contribution in [0.5, 0.6) is 0 Å². The summed E-state index contributed by atoms with van der Waals surface area (Å²) >= 11 is 0. The van der Waals surface area contributed by atoms with Crippen LogP contribution in [0.4, 0.5) is 0 Å². The van der Waals surface area contributed by atoms with Gasteiger partial charge in [-0.3, -0.25) is 0 Å².